The molecule has 0 atom stereocenters. The highest BCUT2D eigenvalue weighted by Gasteiger charge is 2.33. The first kappa shape index (κ1) is 20.3. The fourth-order valence-electron chi connectivity index (χ4n) is 2.48. The van der Waals surface area contributed by atoms with Crippen LogP contribution in [0.1, 0.15) is 11.1 Å². The zero-order chi connectivity index (χ0) is 21.0. The molecule has 3 rings (SSSR count). The van der Waals surface area contributed by atoms with Gasteiger partial charge in [-0.3, -0.25) is 9.59 Å². The number of carbonyl (C=O) groups excluding carboxylic acids is 1. The van der Waals surface area contributed by atoms with Gasteiger partial charge in [0.1, 0.15) is 0 Å². The molecule has 0 spiro atoms. The minimum Gasteiger partial charge on any atom is -0.322 e. The molecule has 0 fully saturated rings. The van der Waals surface area contributed by atoms with Crippen molar-refractivity contribution in [1.82, 2.24) is 10.2 Å². The maximum atomic E-state index is 12.9. The predicted molar refractivity (Wildman–Crippen MR) is 104 cm³/mol. The van der Waals surface area contributed by atoms with Gasteiger partial charge in [-0.25, -0.2) is 5.10 Å². The quantitative estimate of drug-likeness (QED) is 0.599. The smallest absolute Gasteiger partial charge is 0.322 e. The first-order valence-corrected chi connectivity index (χ1v) is 8.62. The summed E-state index contributed by atoms with van der Waals surface area (Å²) < 4.78 is 38.7. The van der Waals surface area contributed by atoms with Gasteiger partial charge >= 0.3 is 6.18 Å². The SMILES string of the molecule is O=C(/C=C/c1ccc(Cl)c(C(F)(F)F)c1)Nc1cccc(-c2ccc(=O)[nH]n2)c1. The van der Waals surface area contributed by atoms with Gasteiger partial charge in [0.25, 0.3) is 5.56 Å². The molecule has 2 N–H and O–H groups in total. The lowest BCUT2D eigenvalue weighted by atomic mass is 10.1. The van der Waals surface area contributed by atoms with Crippen LogP contribution in [0.5, 0.6) is 0 Å². The first-order chi connectivity index (χ1) is 13.7. The molecule has 2 aromatic carbocycles. The van der Waals surface area contributed by atoms with E-state index in [0.29, 0.717) is 16.9 Å². The lowest BCUT2D eigenvalue weighted by Gasteiger charge is -2.09. The molecule has 0 aliphatic heterocycles. The van der Waals surface area contributed by atoms with Crippen molar-refractivity contribution in [2.45, 2.75) is 6.18 Å². The Bertz CT molecular complexity index is 1120. The Morgan fingerprint density at radius 2 is 1.90 bits per heavy atom. The zero-order valence-electron chi connectivity index (χ0n) is 14.6. The average Bonchev–Trinajstić information content (AvgIpc) is 2.67. The average molecular weight is 420 g/mol. The molecule has 0 bridgehead atoms. The lowest BCUT2D eigenvalue weighted by Crippen LogP contribution is -2.08. The third-order valence-electron chi connectivity index (χ3n) is 3.83. The molecule has 0 aliphatic carbocycles. The van der Waals surface area contributed by atoms with Gasteiger partial charge in [-0.1, -0.05) is 29.8 Å². The van der Waals surface area contributed by atoms with Crippen LogP contribution in [0.25, 0.3) is 17.3 Å². The molecule has 0 aliphatic rings. The summed E-state index contributed by atoms with van der Waals surface area (Å²) in [5.74, 6) is -0.528. The summed E-state index contributed by atoms with van der Waals surface area (Å²) in [4.78, 5) is 23.2. The zero-order valence-corrected chi connectivity index (χ0v) is 15.4. The number of anilines is 1. The summed E-state index contributed by atoms with van der Waals surface area (Å²) in [5.41, 5.74) is 0.509. The highest BCUT2D eigenvalue weighted by atomic mass is 35.5. The van der Waals surface area contributed by atoms with E-state index in [2.05, 4.69) is 15.5 Å². The number of aromatic amines is 1. The fraction of sp³-hybridized carbons (Fsp3) is 0.0500. The van der Waals surface area contributed by atoms with Gasteiger partial charge in [0, 0.05) is 23.4 Å². The summed E-state index contributed by atoms with van der Waals surface area (Å²) in [6.45, 7) is 0. The number of nitrogens with zero attached hydrogens (tertiary/aromatic N) is 1. The normalized spacial score (nSPS) is 11.6. The van der Waals surface area contributed by atoms with Crippen LogP contribution < -0.4 is 10.9 Å². The third kappa shape index (κ3) is 5.32. The number of halogens is 4. The van der Waals surface area contributed by atoms with Crippen molar-refractivity contribution in [3.8, 4) is 11.3 Å². The van der Waals surface area contributed by atoms with Crippen molar-refractivity contribution in [3.05, 3.63) is 87.2 Å². The van der Waals surface area contributed by atoms with Crippen LogP contribution in [-0.4, -0.2) is 16.1 Å². The van der Waals surface area contributed by atoms with E-state index in [1.54, 1.807) is 30.3 Å². The molecule has 0 saturated carbocycles. The van der Waals surface area contributed by atoms with Gasteiger partial charge in [-0.15, -0.1) is 0 Å². The lowest BCUT2D eigenvalue weighted by molar-refractivity contribution is -0.137. The number of nitrogens with one attached hydrogen (secondary N) is 2. The van der Waals surface area contributed by atoms with E-state index >= 15 is 0 Å². The minimum atomic E-state index is -4.58. The molecule has 148 valence electrons. The van der Waals surface area contributed by atoms with Crippen molar-refractivity contribution in [1.29, 1.82) is 0 Å². The molecule has 5 nitrogen and oxygen atoms in total. The van der Waals surface area contributed by atoms with E-state index in [1.807, 2.05) is 0 Å². The third-order valence-corrected chi connectivity index (χ3v) is 4.16. The number of carbonyl (C=O) groups is 1. The summed E-state index contributed by atoms with van der Waals surface area (Å²) >= 11 is 5.58. The van der Waals surface area contributed by atoms with Crippen molar-refractivity contribution >= 4 is 29.3 Å². The summed E-state index contributed by atoms with van der Waals surface area (Å²) in [6, 6.07) is 13.0. The Labute approximate surface area is 167 Å². The van der Waals surface area contributed by atoms with Crippen LogP contribution in [-0.2, 0) is 11.0 Å². The van der Waals surface area contributed by atoms with Crippen LogP contribution in [0.4, 0.5) is 18.9 Å². The van der Waals surface area contributed by atoms with Gasteiger partial charge in [-0.05, 0) is 42.0 Å². The Morgan fingerprint density at radius 1 is 1.10 bits per heavy atom. The molecular formula is C20H13ClF3N3O2. The van der Waals surface area contributed by atoms with E-state index < -0.39 is 22.7 Å². The molecule has 1 aromatic heterocycles. The number of hydrogen-bond acceptors (Lipinski definition) is 3. The second kappa shape index (κ2) is 8.32. The highest BCUT2D eigenvalue weighted by Crippen LogP contribution is 2.35. The van der Waals surface area contributed by atoms with Crippen molar-refractivity contribution in [2.75, 3.05) is 5.32 Å². The largest absolute Gasteiger partial charge is 0.417 e. The fourth-order valence-corrected chi connectivity index (χ4v) is 2.71. The molecule has 1 amide bonds. The van der Waals surface area contributed by atoms with Crippen molar-refractivity contribution < 1.29 is 18.0 Å². The van der Waals surface area contributed by atoms with Gasteiger partial charge in [0.05, 0.1) is 16.3 Å². The maximum Gasteiger partial charge on any atom is 0.417 e. The van der Waals surface area contributed by atoms with Crippen molar-refractivity contribution in [2.24, 2.45) is 0 Å². The Balaban J connectivity index is 1.74. The van der Waals surface area contributed by atoms with E-state index in [4.69, 9.17) is 11.6 Å². The monoisotopic (exact) mass is 419 g/mol. The van der Waals surface area contributed by atoms with E-state index in [1.165, 1.54) is 18.2 Å². The number of benzene rings is 2. The van der Waals surface area contributed by atoms with Crippen molar-refractivity contribution in [3.63, 3.8) is 0 Å². The second-order valence-electron chi connectivity index (χ2n) is 5.95. The Hall–Kier alpha value is -3.39. The van der Waals surface area contributed by atoms with Crippen LogP contribution in [0.3, 0.4) is 0 Å². The van der Waals surface area contributed by atoms with E-state index in [-0.39, 0.29) is 11.1 Å². The summed E-state index contributed by atoms with van der Waals surface area (Å²) in [7, 11) is 0. The standard InChI is InChI=1S/C20H13ClF3N3O2/c21-16-6-4-12(10-15(16)20(22,23)24)5-8-18(28)25-14-3-1-2-13(11-14)17-7-9-19(29)27-26-17/h1-11H,(H,25,28)(H,27,29)/b8-5+. The van der Waals surface area contributed by atoms with Gasteiger partial charge < -0.3 is 5.32 Å². The van der Waals surface area contributed by atoms with Gasteiger partial charge in [0.15, 0.2) is 0 Å². The molecule has 1 heterocycles. The number of alkyl halides is 3. The molecule has 29 heavy (non-hydrogen) atoms. The van der Waals surface area contributed by atoms with Gasteiger partial charge in [-0.2, -0.15) is 18.3 Å². The number of rotatable bonds is 4. The molecule has 0 radical (unpaired) electrons. The topological polar surface area (TPSA) is 74.8 Å². The number of hydrogen-bond donors (Lipinski definition) is 2. The molecule has 0 saturated heterocycles. The predicted octanol–water partition coefficient (Wildman–Crippen LogP) is 4.76. The maximum absolute atomic E-state index is 12.9. The molecule has 0 unspecified atom stereocenters. The highest BCUT2D eigenvalue weighted by molar-refractivity contribution is 6.31. The first-order valence-electron chi connectivity index (χ1n) is 8.24. The number of amides is 1. The van der Waals surface area contributed by atoms with E-state index in [9.17, 15) is 22.8 Å². The minimum absolute atomic E-state index is 0.183. The Kier molecular flexibility index (Phi) is 5.84. The van der Waals surface area contributed by atoms with Crippen LogP contribution >= 0.6 is 11.6 Å². The summed E-state index contributed by atoms with van der Waals surface area (Å²) in [6.07, 6.45) is -2.21. The summed E-state index contributed by atoms with van der Waals surface area (Å²) in [5, 5.41) is 8.44. The van der Waals surface area contributed by atoms with Gasteiger partial charge in [0.2, 0.25) is 5.91 Å². The number of aromatic nitrogens is 2. The second-order valence-corrected chi connectivity index (χ2v) is 6.35. The molecular weight excluding hydrogens is 407 g/mol. The molecule has 9 heteroatoms. The molecule has 3 aromatic rings. The van der Waals surface area contributed by atoms with Crippen LogP contribution in [0.2, 0.25) is 5.02 Å². The van der Waals surface area contributed by atoms with Crippen LogP contribution in [0.15, 0.2) is 65.5 Å². The Morgan fingerprint density at radius 3 is 2.59 bits per heavy atom. The van der Waals surface area contributed by atoms with E-state index in [0.717, 1.165) is 18.2 Å². The number of H-pyrrole nitrogens is 1. The van der Waals surface area contributed by atoms with Crippen LogP contribution in [0, 0.1) is 0 Å².